The Morgan fingerprint density at radius 1 is 0.958 bits per heavy atom. The van der Waals surface area contributed by atoms with Crippen LogP contribution in [0, 0.1) is 13.8 Å². The molecule has 1 N–H and O–H groups in total. The standard InChI is InChI=1S/C19H23N3O2/c1-5-22(6-2)19(24)16-10-15(11-20-12-16)18(23)21-17-8-13(3)7-14(4)9-17/h7-12H,5-6H2,1-4H3,(H,21,23). The molecule has 0 saturated carbocycles. The Morgan fingerprint density at radius 2 is 1.54 bits per heavy atom. The van der Waals surface area contributed by atoms with E-state index in [4.69, 9.17) is 0 Å². The molecule has 1 aromatic heterocycles. The predicted molar refractivity (Wildman–Crippen MR) is 95.4 cm³/mol. The Balaban J connectivity index is 2.21. The van der Waals surface area contributed by atoms with Crippen LogP contribution in [0.25, 0.3) is 0 Å². The van der Waals surface area contributed by atoms with Crippen molar-refractivity contribution in [2.24, 2.45) is 0 Å². The minimum atomic E-state index is -0.276. The van der Waals surface area contributed by atoms with Crippen molar-refractivity contribution in [1.29, 1.82) is 0 Å². The number of pyridine rings is 1. The topological polar surface area (TPSA) is 62.3 Å². The van der Waals surface area contributed by atoms with Gasteiger partial charge in [-0.2, -0.15) is 0 Å². The number of aryl methyl sites for hydroxylation is 2. The van der Waals surface area contributed by atoms with Gasteiger partial charge in [0, 0.05) is 31.2 Å². The van der Waals surface area contributed by atoms with Gasteiger partial charge >= 0.3 is 0 Å². The minimum absolute atomic E-state index is 0.117. The van der Waals surface area contributed by atoms with E-state index in [1.807, 2.05) is 45.9 Å². The lowest BCUT2D eigenvalue weighted by Gasteiger charge is -2.18. The molecule has 2 aromatic rings. The zero-order valence-corrected chi connectivity index (χ0v) is 14.6. The van der Waals surface area contributed by atoms with E-state index in [-0.39, 0.29) is 11.8 Å². The SMILES string of the molecule is CCN(CC)C(=O)c1cncc(C(=O)Nc2cc(C)cc(C)c2)c1. The summed E-state index contributed by atoms with van der Waals surface area (Å²) in [6.07, 6.45) is 2.96. The van der Waals surface area contributed by atoms with E-state index in [9.17, 15) is 9.59 Å². The molecule has 5 nitrogen and oxygen atoms in total. The van der Waals surface area contributed by atoms with Crippen molar-refractivity contribution >= 4 is 17.5 Å². The molecule has 0 spiro atoms. The molecule has 1 heterocycles. The maximum Gasteiger partial charge on any atom is 0.257 e. The number of hydrogen-bond acceptors (Lipinski definition) is 3. The van der Waals surface area contributed by atoms with Gasteiger partial charge in [0.25, 0.3) is 11.8 Å². The van der Waals surface area contributed by atoms with Gasteiger partial charge < -0.3 is 10.2 Å². The van der Waals surface area contributed by atoms with Gasteiger partial charge in [0.1, 0.15) is 0 Å². The van der Waals surface area contributed by atoms with Crippen LogP contribution >= 0.6 is 0 Å². The molecular formula is C19H23N3O2. The monoisotopic (exact) mass is 325 g/mol. The Morgan fingerprint density at radius 3 is 2.12 bits per heavy atom. The fourth-order valence-electron chi connectivity index (χ4n) is 2.62. The molecule has 1 aromatic carbocycles. The fourth-order valence-corrected chi connectivity index (χ4v) is 2.62. The first kappa shape index (κ1) is 17.7. The van der Waals surface area contributed by atoms with Crippen molar-refractivity contribution in [2.45, 2.75) is 27.7 Å². The number of amides is 2. The van der Waals surface area contributed by atoms with E-state index >= 15 is 0 Å². The number of nitrogens with one attached hydrogen (secondary N) is 1. The summed E-state index contributed by atoms with van der Waals surface area (Å²) in [6, 6.07) is 7.44. The lowest BCUT2D eigenvalue weighted by molar-refractivity contribution is 0.0772. The first-order valence-corrected chi connectivity index (χ1v) is 8.08. The van der Waals surface area contributed by atoms with Gasteiger partial charge in [-0.15, -0.1) is 0 Å². The highest BCUT2D eigenvalue weighted by molar-refractivity contribution is 6.05. The summed E-state index contributed by atoms with van der Waals surface area (Å²) in [4.78, 5) is 30.6. The molecule has 0 unspecified atom stereocenters. The second-order valence-electron chi connectivity index (χ2n) is 5.77. The van der Waals surface area contributed by atoms with Crippen molar-refractivity contribution in [3.63, 3.8) is 0 Å². The van der Waals surface area contributed by atoms with Crippen molar-refractivity contribution in [3.05, 3.63) is 58.9 Å². The Bertz CT molecular complexity index is 732. The molecule has 5 heteroatoms. The minimum Gasteiger partial charge on any atom is -0.339 e. The first-order chi connectivity index (χ1) is 11.4. The molecule has 2 amide bonds. The highest BCUT2D eigenvalue weighted by atomic mass is 16.2. The van der Waals surface area contributed by atoms with Gasteiger partial charge in [-0.25, -0.2) is 0 Å². The largest absolute Gasteiger partial charge is 0.339 e. The van der Waals surface area contributed by atoms with Crippen LogP contribution in [0.3, 0.4) is 0 Å². The molecule has 0 aliphatic rings. The molecule has 0 fully saturated rings. The van der Waals surface area contributed by atoms with Gasteiger partial charge in [0.2, 0.25) is 0 Å². The van der Waals surface area contributed by atoms with E-state index in [2.05, 4.69) is 10.3 Å². The first-order valence-electron chi connectivity index (χ1n) is 8.08. The third-order valence-electron chi connectivity index (χ3n) is 3.78. The average molecular weight is 325 g/mol. The van der Waals surface area contributed by atoms with Crippen LogP contribution in [0.15, 0.2) is 36.7 Å². The summed E-state index contributed by atoms with van der Waals surface area (Å²) in [6.45, 7) is 9.04. The summed E-state index contributed by atoms with van der Waals surface area (Å²) in [7, 11) is 0. The molecule has 0 atom stereocenters. The molecular weight excluding hydrogens is 302 g/mol. The summed E-state index contributed by atoms with van der Waals surface area (Å²) in [5, 5.41) is 2.86. The van der Waals surface area contributed by atoms with Gasteiger partial charge in [-0.05, 0) is 57.0 Å². The second-order valence-corrected chi connectivity index (χ2v) is 5.77. The zero-order valence-electron chi connectivity index (χ0n) is 14.6. The van der Waals surface area contributed by atoms with E-state index < -0.39 is 0 Å². The number of carbonyl (C=O) groups excluding carboxylic acids is 2. The van der Waals surface area contributed by atoms with Gasteiger partial charge in [-0.3, -0.25) is 14.6 Å². The number of benzene rings is 1. The normalized spacial score (nSPS) is 10.3. The fraction of sp³-hybridized carbons (Fsp3) is 0.316. The number of anilines is 1. The number of carbonyl (C=O) groups is 2. The lowest BCUT2D eigenvalue weighted by atomic mass is 10.1. The number of aromatic nitrogens is 1. The maximum atomic E-state index is 12.4. The second kappa shape index (κ2) is 7.73. The molecule has 24 heavy (non-hydrogen) atoms. The van der Waals surface area contributed by atoms with Gasteiger partial charge in [-0.1, -0.05) is 6.07 Å². The third-order valence-corrected chi connectivity index (χ3v) is 3.78. The number of hydrogen-bond donors (Lipinski definition) is 1. The van der Waals surface area contributed by atoms with Crippen molar-refractivity contribution in [2.75, 3.05) is 18.4 Å². The van der Waals surface area contributed by atoms with Crippen molar-refractivity contribution in [3.8, 4) is 0 Å². The molecule has 0 bridgehead atoms. The Labute approximate surface area is 142 Å². The lowest BCUT2D eigenvalue weighted by Crippen LogP contribution is -2.30. The zero-order chi connectivity index (χ0) is 17.7. The maximum absolute atomic E-state index is 12.4. The van der Waals surface area contributed by atoms with E-state index in [1.54, 1.807) is 11.0 Å². The predicted octanol–water partition coefficient (Wildman–Crippen LogP) is 3.43. The van der Waals surface area contributed by atoms with E-state index in [0.717, 1.165) is 16.8 Å². The quantitative estimate of drug-likeness (QED) is 0.916. The smallest absolute Gasteiger partial charge is 0.257 e. The van der Waals surface area contributed by atoms with Crippen molar-refractivity contribution < 1.29 is 9.59 Å². The van der Waals surface area contributed by atoms with E-state index in [1.165, 1.54) is 12.4 Å². The highest BCUT2D eigenvalue weighted by Gasteiger charge is 2.15. The van der Waals surface area contributed by atoms with Crippen LogP contribution in [-0.2, 0) is 0 Å². The van der Waals surface area contributed by atoms with Crippen LogP contribution in [0.2, 0.25) is 0 Å². The van der Waals surface area contributed by atoms with Gasteiger partial charge in [0.15, 0.2) is 0 Å². The Kier molecular flexibility index (Phi) is 5.68. The highest BCUT2D eigenvalue weighted by Crippen LogP contribution is 2.15. The van der Waals surface area contributed by atoms with Crippen LogP contribution in [-0.4, -0.2) is 34.8 Å². The molecule has 0 saturated heterocycles. The van der Waals surface area contributed by atoms with Crippen LogP contribution in [0.5, 0.6) is 0 Å². The number of rotatable bonds is 5. The summed E-state index contributed by atoms with van der Waals surface area (Å²) < 4.78 is 0. The van der Waals surface area contributed by atoms with E-state index in [0.29, 0.717) is 24.2 Å². The molecule has 0 radical (unpaired) electrons. The molecule has 0 aliphatic carbocycles. The van der Waals surface area contributed by atoms with Crippen LogP contribution in [0.4, 0.5) is 5.69 Å². The van der Waals surface area contributed by atoms with Crippen LogP contribution in [0.1, 0.15) is 45.7 Å². The third kappa shape index (κ3) is 4.19. The van der Waals surface area contributed by atoms with Crippen molar-refractivity contribution in [1.82, 2.24) is 9.88 Å². The number of nitrogens with zero attached hydrogens (tertiary/aromatic N) is 2. The summed E-state index contributed by atoms with van der Waals surface area (Å²) in [5.74, 6) is -0.393. The Hall–Kier alpha value is -2.69. The molecule has 126 valence electrons. The summed E-state index contributed by atoms with van der Waals surface area (Å²) >= 11 is 0. The summed E-state index contributed by atoms with van der Waals surface area (Å²) in [5.41, 5.74) is 3.68. The molecule has 0 aliphatic heterocycles. The average Bonchev–Trinajstić information content (AvgIpc) is 2.55. The molecule has 2 rings (SSSR count). The van der Waals surface area contributed by atoms with Gasteiger partial charge in [0.05, 0.1) is 11.1 Å². The van der Waals surface area contributed by atoms with Crippen LogP contribution < -0.4 is 5.32 Å².